The Kier molecular flexibility index (Phi) is 14.2. The highest BCUT2D eigenvalue weighted by atomic mass is 15.2. The third kappa shape index (κ3) is 9.70. The van der Waals surface area contributed by atoms with Gasteiger partial charge >= 0.3 is 0 Å². The first-order chi connectivity index (χ1) is 39.0. The number of hydrogen-bond acceptors (Lipinski definition) is 4. The lowest BCUT2D eigenvalue weighted by molar-refractivity contribution is 0.866. The van der Waals surface area contributed by atoms with E-state index >= 15 is 0 Å². The molecule has 0 heterocycles. The van der Waals surface area contributed by atoms with Crippen LogP contribution >= 0.6 is 0 Å². The highest BCUT2D eigenvalue weighted by Crippen LogP contribution is 2.55. The van der Waals surface area contributed by atoms with Gasteiger partial charge in [-0.3, -0.25) is 0 Å². The first kappa shape index (κ1) is 51.6. The average molecular weight is 1040 g/mol. The molecule has 80 heavy (non-hydrogen) atoms. The second kappa shape index (κ2) is 22.0. The molecule has 0 N–H and O–H groups in total. The van der Waals surface area contributed by atoms with Crippen molar-refractivity contribution in [3.8, 4) is 0 Å². The van der Waals surface area contributed by atoms with Crippen molar-refractivity contribution in [2.75, 3.05) is 19.6 Å². The first-order valence-electron chi connectivity index (χ1n) is 28.6. The van der Waals surface area contributed by atoms with Crippen LogP contribution < -0.4 is 19.6 Å². The van der Waals surface area contributed by atoms with Crippen LogP contribution in [0.5, 0.6) is 0 Å². The molecule has 4 nitrogen and oxygen atoms in total. The van der Waals surface area contributed by atoms with E-state index < -0.39 is 0 Å². The van der Waals surface area contributed by atoms with Crippen LogP contribution in [-0.4, -0.2) is 0 Å². The van der Waals surface area contributed by atoms with Gasteiger partial charge in [0.25, 0.3) is 0 Å². The number of hydrogen-bond donors (Lipinski definition) is 0. The molecule has 4 heteroatoms. The number of benzene rings is 12. The van der Waals surface area contributed by atoms with Crippen LogP contribution in [0.3, 0.4) is 0 Å². The SMILES string of the molecule is CC(C)c1ccc(N(c2ccccc2)c2cc(N(c3ccccc3)c3ccc(C(C)C)cc3)c3ccc4c(N(c5ccccc5)c5ccc(C(C)C)cc5)cc(N(c5ccccc5)c5ccc(C(C)C)cc5)c5ccc2c3c54)cc1. The third-order valence-corrected chi connectivity index (χ3v) is 16.1. The summed E-state index contributed by atoms with van der Waals surface area (Å²) >= 11 is 0. The molecule has 0 aliphatic rings. The third-order valence-electron chi connectivity index (χ3n) is 16.1. The minimum Gasteiger partial charge on any atom is -0.310 e. The molecular formula is C76H70N4. The predicted octanol–water partition coefficient (Wildman–Crippen LogP) is 23.0. The summed E-state index contributed by atoms with van der Waals surface area (Å²) in [6.07, 6.45) is 0. The summed E-state index contributed by atoms with van der Waals surface area (Å²) in [4.78, 5) is 9.91. The van der Waals surface area contributed by atoms with Gasteiger partial charge < -0.3 is 19.6 Å². The van der Waals surface area contributed by atoms with Gasteiger partial charge in [0.05, 0.1) is 22.7 Å². The fourth-order valence-electron chi connectivity index (χ4n) is 11.7. The monoisotopic (exact) mass is 1040 g/mol. The number of para-hydroxylation sites is 4. The zero-order valence-corrected chi connectivity index (χ0v) is 47.3. The Balaban J connectivity index is 1.27. The average Bonchev–Trinajstić information content (AvgIpc) is 3.59. The van der Waals surface area contributed by atoms with Crippen LogP contribution in [0.15, 0.2) is 255 Å². The van der Waals surface area contributed by atoms with Crippen molar-refractivity contribution in [3.05, 3.63) is 277 Å². The number of nitrogens with zero attached hydrogens (tertiary/aromatic N) is 4. The lowest BCUT2D eigenvalue weighted by atomic mass is 9.89. The summed E-state index contributed by atoms with van der Waals surface area (Å²) in [5, 5.41) is 7.02. The summed E-state index contributed by atoms with van der Waals surface area (Å²) in [7, 11) is 0. The van der Waals surface area contributed by atoms with Gasteiger partial charge in [-0.1, -0.05) is 201 Å². The van der Waals surface area contributed by atoms with Gasteiger partial charge in [0, 0.05) is 77.8 Å². The molecular weight excluding hydrogens is 969 g/mol. The maximum Gasteiger partial charge on any atom is 0.0561 e. The van der Waals surface area contributed by atoms with Crippen molar-refractivity contribution >= 4 is 101 Å². The molecule has 0 saturated carbocycles. The molecule has 0 aromatic heterocycles. The highest BCUT2D eigenvalue weighted by molar-refractivity contribution is 6.33. The molecule has 0 atom stereocenters. The molecule has 394 valence electrons. The van der Waals surface area contributed by atoms with Crippen LogP contribution in [0.1, 0.15) is 101 Å². The van der Waals surface area contributed by atoms with Gasteiger partial charge in [-0.25, -0.2) is 0 Å². The van der Waals surface area contributed by atoms with Gasteiger partial charge in [-0.05, 0) is 155 Å². The van der Waals surface area contributed by atoms with E-state index in [0.29, 0.717) is 23.7 Å². The van der Waals surface area contributed by atoms with Crippen LogP contribution in [0.25, 0.3) is 32.3 Å². The van der Waals surface area contributed by atoms with E-state index in [9.17, 15) is 0 Å². The molecule has 0 spiro atoms. The maximum absolute atomic E-state index is 2.48. The van der Waals surface area contributed by atoms with Crippen LogP contribution in [-0.2, 0) is 0 Å². The molecule has 12 aromatic rings. The van der Waals surface area contributed by atoms with E-state index in [-0.39, 0.29) is 0 Å². The number of rotatable bonds is 16. The Hall–Kier alpha value is -9.12. The van der Waals surface area contributed by atoms with E-state index in [1.807, 2.05) is 0 Å². The lowest BCUT2D eigenvalue weighted by Crippen LogP contribution is -2.16. The molecule has 0 amide bonds. The van der Waals surface area contributed by atoms with Crippen molar-refractivity contribution in [2.24, 2.45) is 0 Å². The van der Waals surface area contributed by atoms with Crippen molar-refractivity contribution < 1.29 is 0 Å². The Morgan fingerprint density at radius 2 is 0.375 bits per heavy atom. The predicted molar refractivity (Wildman–Crippen MR) is 345 cm³/mol. The standard InChI is InChI=1S/C76H70N4/c1-51(2)55-29-37-63(38-30-55)77(59-21-13-9-14-22-59)71-49-72(78(60-23-15-10-16-24-60)64-39-31-56(32-40-64)52(3)4)68-47-48-70-74(80(62-27-19-12-20-28-62)66-43-35-58(36-44-66)54(7)8)50-73(69-46-45-67(71)75(68)76(69)70)79(61-25-17-11-18-26-61)65-41-33-57(34-42-65)53(5)6/h9-54H,1-8H3. The van der Waals surface area contributed by atoms with Gasteiger partial charge in [0.1, 0.15) is 0 Å². The fraction of sp³-hybridized carbons (Fsp3) is 0.158. The summed E-state index contributed by atoms with van der Waals surface area (Å²) in [5.41, 5.74) is 18.3. The number of anilines is 12. The largest absolute Gasteiger partial charge is 0.310 e. The molecule has 0 saturated heterocycles. The van der Waals surface area contributed by atoms with Gasteiger partial charge in [0.15, 0.2) is 0 Å². The van der Waals surface area contributed by atoms with E-state index in [1.54, 1.807) is 0 Å². The normalized spacial score (nSPS) is 11.7. The Labute approximate surface area is 473 Å². The molecule has 0 aliphatic heterocycles. The summed E-state index contributed by atoms with van der Waals surface area (Å²) < 4.78 is 0. The maximum atomic E-state index is 2.48. The minimum atomic E-state index is 0.396. The summed E-state index contributed by atoms with van der Waals surface area (Å²) in [5.74, 6) is 1.58. The Morgan fingerprint density at radius 1 is 0.200 bits per heavy atom. The highest BCUT2D eigenvalue weighted by Gasteiger charge is 2.29. The topological polar surface area (TPSA) is 13.0 Å². The Morgan fingerprint density at radius 3 is 0.550 bits per heavy atom. The second-order valence-corrected chi connectivity index (χ2v) is 22.6. The minimum absolute atomic E-state index is 0.396. The van der Waals surface area contributed by atoms with Crippen molar-refractivity contribution in [1.29, 1.82) is 0 Å². The summed E-state index contributed by atoms with van der Waals surface area (Å²) in [6, 6.07) is 95.0. The quantitative estimate of drug-likeness (QED) is 0.0894. The van der Waals surface area contributed by atoms with Crippen molar-refractivity contribution in [1.82, 2.24) is 0 Å². The zero-order chi connectivity index (χ0) is 55.0. The Bertz CT molecular complexity index is 3500. The molecule has 0 aliphatic carbocycles. The second-order valence-electron chi connectivity index (χ2n) is 22.6. The molecule has 0 unspecified atom stereocenters. The molecule has 0 fully saturated rings. The van der Waals surface area contributed by atoms with Crippen LogP contribution in [0, 0.1) is 0 Å². The van der Waals surface area contributed by atoms with E-state index in [1.165, 1.54) is 33.0 Å². The van der Waals surface area contributed by atoms with E-state index in [2.05, 4.69) is 330 Å². The molecule has 0 bridgehead atoms. The van der Waals surface area contributed by atoms with Gasteiger partial charge in [-0.2, -0.15) is 0 Å². The fourth-order valence-corrected chi connectivity index (χ4v) is 11.7. The van der Waals surface area contributed by atoms with Crippen molar-refractivity contribution in [3.63, 3.8) is 0 Å². The van der Waals surface area contributed by atoms with Crippen LogP contribution in [0.4, 0.5) is 68.2 Å². The van der Waals surface area contributed by atoms with Crippen molar-refractivity contribution in [2.45, 2.75) is 79.1 Å². The van der Waals surface area contributed by atoms with Gasteiger partial charge in [-0.15, -0.1) is 0 Å². The molecule has 12 rings (SSSR count). The van der Waals surface area contributed by atoms with E-state index in [4.69, 9.17) is 0 Å². The molecule has 0 radical (unpaired) electrons. The smallest absolute Gasteiger partial charge is 0.0561 e. The molecule has 12 aromatic carbocycles. The zero-order valence-electron chi connectivity index (χ0n) is 47.3. The van der Waals surface area contributed by atoms with Crippen LogP contribution in [0.2, 0.25) is 0 Å². The van der Waals surface area contributed by atoms with E-state index in [0.717, 1.165) is 89.8 Å². The lowest BCUT2D eigenvalue weighted by Gasteiger charge is -2.34. The first-order valence-corrected chi connectivity index (χ1v) is 28.6. The summed E-state index contributed by atoms with van der Waals surface area (Å²) in [6.45, 7) is 18.1. The van der Waals surface area contributed by atoms with Gasteiger partial charge in [0.2, 0.25) is 0 Å².